The lowest BCUT2D eigenvalue weighted by Gasteiger charge is -2.34. The molecule has 0 aromatic heterocycles. The normalized spacial score (nSPS) is 16.2. The molecule has 2 rings (SSSR count). The van der Waals surface area contributed by atoms with E-state index in [-0.39, 0.29) is 5.84 Å². The minimum atomic E-state index is 0.186. The molecule has 19 heavy (non-hydrogen) atoms. The average Bonchev–Trinajstić information content (AvgIpc) is 2.37. The summed E-state index contributed by atoms with van der Waals surface area (Å²) in [5, 5.41) is 12.1. The van der Waals surface area contributed by atoms with Crippen LogP contribution in [0, 0.1) is 12.8 Å². The number of rotatable bonds is 5. The van der Waals surface area contributed by atoms with E-state index in [0.29, 0.717) is 0 Å². The van der Waals surface area contributed by atoms with Crippen molar-refractivity contribution in [2.75, 3.05) is 18.0 Å². The summed E-state index contributed by atoms with van der Waals surface area (Å²) in [7, 11) is 0. The van der Waals surface area contributed by atoms with Crippen molar-refractivity contribution in [2.45, 2.75) is 33.1 Å². The molecule has 1 fully saturated rings. The van der Waals surface area contributed by atoms with Crippen molar-refractivity contribution in [2.24, 2.45) is 16.8 Å². The van der Waals surface area contributed by atoms with Crippen LogP contribution in [-0.2, 0) is 0 Å². The van der Waals surface area contributed by atoms with Crippen LogP contribution in [0.2, 0.25) is 0 Å². The minimum absolute atomic E-state index is 0.186. The molecule has 0 aliphatic heterocycles. The highest BCUT2D eigenvalue weighted by molar-refractivity contribution is 6.02. The molecule has 0 spiro atoms. The molecule has 4 nitrogen and oxygen atoms in total. The van der Waals surface area contributed by atoms with Gasteiger partial charge in [-0.25, -0.2) is 0 Å². The lowest BCUT2D eigenvalue weighted by Crippen LogP contribution is -2.34. The van der Waals surface area contributed by atoms with E-state index < -0.39 is 0 Å². The molecule has 1 aromatic rings. The molecular weight excluding hydrogens is 238 g/mol. The highest BCUT2D eigenvalue weighted by Crippen LogP contribution is 2.31. The molecule has 0 radical (unpaired) electrons. The number of benzene rings is 1. The van der Waals surface area contributed by atoms with Crippen LogP contribution in [0.3, 0.4) is 0 Å². The van der Waals surface area contributed by atoms with Gasteiger partial charge in [0.2, 0.25) is 0 Å². The Balaban J connectivity index is 2.34. The lowest BCUT2D eigenvalue weighted by atomic mass is 9.85. The molecule has 0 saturated heterocycles. The summed E-state index contributed by atoms with van der Waals surface area (Å²) in [6.45, 7) is 6.23. The molecule has 0 atom stereocenters. The number of anilines is 1. The van der Waals surface area contributed by atoms with E-state index in [9.17, 15) is 0 Å². The van der Waals surface area contributed by atoms with E-state index in [4.69, 9.17) is 10.9 Å². The number of para-hydroxylation sites is 1. The summed E-state index contributed by atoms with van der Waals surface area (Å²) in [6.07, 6.45) is 3.99. The van der Waals surface area contributed by atoms with Crippen molar-refractivity contribution in [3.63, 3.8) is 0 Å². The van der Waals surface area contributed by atoms with Gasteiger partial charge in [0.15, 0.2) is 5.84 Å². The Morgan fingerprint density at radius 3 is 2.74 bits per heavy atom. The molecule has 0 bridgehead atoms. The van der Waals surface area contributed by atoms with Gasteiger partial charge in [0.1, 0.15) is 0 Å². The zero-order chi connectivity index (χ0) is 13.8. The van der Waals surface area contributed by atoms with Gasteiger partial charge in [-0.1, -0.05) is 23.7 Å². The minimum Gasteiger partial charge on any atom is -0.409 e. The second-order valence-electron chi connectivity index (χ2n) is 5.29. The van der Waals surface area contributed by atoms with E-state index in [1.807, 2.05) is 12.1 Å². The van der Waals surface area contributed by atoms with Crippen molar-refractivity contribution in [1.82, 2.24) is 0 Å². The molecular formula is C15H23N3O. The maximum Gasteiger partial charge on any atom is 0.172 e. The molecule has 3 N–H and O–H groups in total. The monoisotopic (exact) mass is 261 g/mol. The topological polar surface area (TPSA) is 61.8 Å². The fourth-order valence-electron chi connectivity index (χ4n) is 2.70. The van der Waals surface area contributed by atoms with Gasteiger partial charge in [0, 0.05) is 18.7 Å². The van der Waals surface area contributed by atoms with Crippen LogP contribution in [0.15, 0.2) is 23.4 Å². The summed E-state index contributed by atoms with van der Waals surface area (Å²) >= 11 is 0. The molecule has 1 aromatic carbocycles. The molecule has 104 valence electrons. The van der Waals surface area contributed by atoms with E-state index in [0.717, 1.165) is 30.3 Å². The molecule has 0 amide bonds. The zero-order valence-corrected chi connectivity index (χ0v) is 11.8. The zero-order valence-electron chi connectivity index (χ0n) is 11.8. The van der Waals surface area contributed by atoms with Crippen LogP contribution in [0.25, 0.3) is 0 Å². The second-order valence-corrected chi connectivity index (χ2v) is 5.29. The van der Waals surface area contributed by atoms with Crippen molar-refractivity contribution in [1.29, 1.82) is 0 Å². The van der Waals surface area contributed by atoms with Gasteiger partial charge < -0.3 is 15.8 Å². The van der Waals surface area contributed by atoms with Gasteiger partial charge in [-0.15, -0.1) is 0 Å². The smallest absolute Gasteiger partial charge is 0.172 e. The van der Waals surface area contributed by atoms with Crippen molar-refractivity contribution < 1.29 is 5.21 Å². The summed E-state index contributed by atoms with van der Waals surface area (Å²) in [4.78, 5) is 2.35. The van der Waals surface area contributed by atoms with Gasteiger partial charge in [0.25, 0.3) is 0 Å². The van der Waals surface area contributed by atoms with Crippen molar-refractivity contribution in [3.05, 3.63) is 29.3 Å². The predicted octanol–water partition coefficient (Wildman–Crippen LogP) is 2.72. The van der Waals surface area contributed by atoms with Crippen LogP contribution in [-0.4, -0.2) is 24.1 Å². The number of aryl methyl sites for hydroxylation is 1. The number of nitrogens with zero attached hydrogens (tertiary/aromatic N) is 2. The fraction of sp³-hybridized carbons (Fsp3) is 0.533. The number of hydrogen-bond donors (Lipinski definition) is 2. The highest BCUT2D eigenvalue weighted by Gasteiger charge is 2.23. The third-order valence-corrected chi connectivity index (χ3v) is 4.02. The van der Waals surface area contributed by atoms with E-state index in [1.165, 1.54) is 24.8 Å². The standard InChI is InChI=1S/C15H23N3O/c1-3-18(10-12-7-5-8-12)14-11(2)6-4-9-13(14)15(16)17-19/h4,6,9,12,19H,3,5,7-8,10H2,1-2H3,(H2,16,17). The Hall–Kier alpha value is -1.71. The largest absolute Gasteiger partial charge is 0.409 e. The summed E-state index contributed by atoms with van der Waals surface area (Å²) < 4.78 is 0. The van der Waals surface area contributed by atoms with Crippen LogP contribution < -0.4 is 10.6 Å². The first-order valence-electron chi connectivity index (χ1n) is 6.99. The first kappa shape index (κ1) is 13.7. The molecule has 0 heterocycles. The van der Waals surface area contributed by atoms with E-state index in [1.54, 1.807) is 0 Å². The SMILES string of the molecule is CCN(CC1CCC1)c1c(C)cccc1/C(N)=N/O. The van der Waals surface area contributed by atoms with Crippen LogP contribution in [0.5, 0.6) is 0 Å². The molecule has 0 unspecified atom stereocenters. The van der Waals surface area contributed by atoms with E-state index in [2.05, 4.69) is 30.0 Å². The second kappa shape index (κ2) is 5.95. The Morgan fingerprint density at radius 1 is 1.47 bits per heavy atom. The van der Waals surface area contributed by atoms with Gasteiger partial charge in [-0.2, -0.15) is 0 Å². The summed E-state index contributed by atoms with van der Waals surface area (Å²) in [5.41, 5.74) is 8.91. The first-order chi connectivity index (χ1) is 9.17. The number of nitrogens with two attached hydrogens (primary N) is 1. The molecule has 1 aliphatic carbocycles. The maximum atomic E-state index is 8.94. The van der Waals surface area contributed by atoms with Gasteiger partial charge >= 0.3 is 0 Å². The quantitative estimate of drug-likeness (QED) is 0.371. The highest BCUT2D eigenvalue weighted by atomic mass is 16.4. The summed E-state index contributed by atoms with van der Waals surface area (Å²) in [5.74, 6) is 0.977. The maximum absolute atomic E-state index is 8.94. The number of amidine groups is 1. The summed E-state index contributed by atoms with van der Waals surface area (Å²) in [6, 6.07) is 5.94. The molecule has 1 saturated carbocycles. The number of hydrogen-bond acceptors (Lipinski definition) is 3. The molecule has 1 aliphatic rings. The van der Waals surface area contributed by atoms with Crippen LogP contribution >= 0.6 is 0 Å². The van der Waals surface area contributed by atoms with E-state index >= 15 is 0 Å². The van der Waals surface area contributed by atoms with Crippen molar-refractivity contribution in [3.8, 4) is 0 Å². The fourth-order valence-corrected chi connectivity index (χ4v) is 2.70. The Labute approximate surface area is 114 Å². The lowest BCUT2D eigenvalue weighted by molar-refractivity contribution is 0.317. The predicted molar refractivity (Wildman–Crippen MR) is 78.9 cm³/mol. The Bertz CT molecular complexity index is 466. The third-order valence-electron chi connectivity index (χ3n) is 4.02. The average molecular weight is 261 g/mol. The van der Waals surface area contributed by atoms with Crippen molar-refractivity contribution >= 4 is 11.5 Å². The van der Waals surface area contributed by atoms with Gasteiger partial charge in [-0.3, -0.25) is 0 Å². The Kier molecular flexibility index (Phi) is 4.30. The third kappa shape index (κ3) is 2.83. The molecule has 4 heteroatoms. The van der Waals surface area contributed by atoms with Gasteiger partial charge in [-0.05, 0) is 44.2 Å². The first-order valence-corrected chi connectivity index (χ1v) is 6.99. The van der Waals surface area contributed by atoms with Gasteiger partial charge in [0.05, 0.1) is 5.69 Å². The Morgan fingerprint density at radius 2 is 2.21 bits per heavy atom. The number of oxime groups is 1. The van der Waals surface area contributed by atoms with Crippen LogP contribution in [0.4, 0.5) is 5.69 Å². The van der Waals surface area contributed by atoms with Crippen LogP contribution in [0.1, 0.15) is 37.3 Å².